The van der Waals surface area contributed by atoms with E-state index in [1.54, 1.807) is 0 Å². The highest BCUT2D eigenvalue weighted by atomic mass is 79.9. The molecule has 2 rings (SSSR count). The zero-order chi connectivity index (χ0) is 13.8. The van der Waals surface area contributed by atoms with Crippen LogP contribution in [-0.2, 0) is 0 Å². The standard InChI is InChI=1S/C15H17BrClNO/c1-3-8-18-10(2)14-6-7-15(19-14)12-5-4-11(17)9-13(12)16/h4-7,9-10,18H,3,8H2,1-2H3. The van der Waals surface area contributed by atoms with E-state index < -0.39 is 0 Å². The molecule has 1 atom stereocenters. The average molecular weight is 343 g/mol. The van der Waals surface area contributed by atoms with Crippen molar-refractivity contribution in [2.45, 2.75) is 26.3 Å². The Balaban J connectivity index is 2.20. The Hall–Kier alpha value is -0.770. The number of hydrogen-bond acceptors (Lipinski definition) is 2. The Morgan fingerprint density at radius 2 is 2.11 bits per heavy atom. The van der Waals surface area contributed by atoms with E-state index >= 15 is 0 Å². The molecule has 0 fully saturated rings. The number of nitrogens with one attached hydrogen (secondary N) is 1. The molecular weight excluding hydrogens is 326 g/mol. The van der Waals surface area contributed by atoms with Gasteiger partial charge in [-0.15, -0.1) is 0 Å². The van der Waals surface area contributed by atoms with Gasteiger partial charge in [-0.05, 0) is 66.2 Å². The zero-order valence-corrected chi connectivity index (χ0v) is 13.4. The molecule has 1 unspecified atom stereocenters. The van der Waals surface area contributed by atoms with Crippen molar-refractivity contribution in [2.24, 2.45) is 0 Å². The Morgan fingerprint density at radius 1 is 1.32 bits per heavy atom. The van der Waals surface area contributed by atoms with Gasteiger partial charge in [0.15, 0.2) is 0 Å². The number of benzene rings is 1. The molecule has 0 aliphatic carbocycles. The molecule has 0 amide bonds. The fraction of sp³-hybridized carbons (Fsp3) is 0.333. The molecule has 102 valence electrons. The van der Waals surface area contributed by atoms with Crippen molar-refractivity contribution in [3.63, 3.8) is 0 Å². The molecule has 1 aromatic carbocycles. The van der Waals surface area contributed by atoms with Crippen LogP contribution in [-0.4, -0.2) is 6.54 Å². The number of hydrogen-bond donors (Lipinski definition) is 1. The third-order valence-corrected chi connectivity index (χ3v) is 3.84. The summed E-state index contributed by atoms with van der Waals surface area (Å²) in [6, 6.07) is 9.93. The molecule has 1 N–H and O–H groups in total. The minimum atomic E-state index is 0.222. The van der Waals surface area contributed by atoms with E-state index in [0.717, 1.165) is 34.5 Å². The van der Waals surface area contributed by atoms with Gasteiger partial charge in [0.25, 0.3) is 0 Å². The minimum Gasteiger partial charge on any atom is -0.459 e. The fourth-order valence-corrected chi connectivity index (χ4v) is 2.76. The van der Waals surface area contributed by atoms with Gasteiger partial charge in [-0.1, -0.05) is 18.5 Å². The Labute approximate surface area is 127 Å². The third kappa shape index (κ3) is 3.62. The summed E-state index contributed by atoms with van der Waals surface area (Å²) < 4.78 is 6.85. The lowest BCUT2D eigenvalue weighted by Crippen LogP contribution is -2.18. The number of halogens is 2. The molecule has 0 spiro atoms. The predicted octanol–water partition coefficient (Wildman–Crippen LogP) is 5.42. The molecule has 0 aliphatic rings. The van der Waals surface area contributed by atoms with Crippen molar-refractivity contribution in [1.29, 1.82) is 0 Å². The van der Waals surface area contributed by atoms with Gasteiger partial charge < -0.3 is 9.73 Å². The summed E-state index contributed by atoms with van der Waals surface area (Å²) in [4.78, 5) is 0. The number of furan rings is 1. The van der Waals surface area contributed by atoms with Crippen LogP contribution >= 0.6 is 27.5 Å². The maximum atomic E-state index is 5.95. The molecule has 0 aliphatic heterocycles. The zero-order valence-electron chi connectivity index (χ0n) is 11.0. The van der Waals surface area contributed by atoms with Crippen LogP contribution in [0.1, 0.15) is 32.1 Å². The maximum absolute atomic E-state index is 5.95. The van der Waals surface area contributed by atoms with Crippen LogP contribution in [0.4, 0.5) is 0 Å². The summed E-state index contributed by atoms with van der Waals surface area (Å²) in [5, 5.41) is 4.12. The first-order chi connectivity index (χ1) is 9.11. The number of rotatable bonds is 5. The van der Waals surface area contributed by atoms with E-state index in [4.69, 9.17) is 16.0 Å². The van der Waals surface area contributed by atoms with E-state index in [0.29, 0.717) is 5.02 Å². The van der Waals surface area contributed by atoms with Crippen molar-refractivity contribution in [3.8, 4) is 11.3 Å². The van der Waals surface area contributed by atoms with Crippen LogP contribution in [0.15, 0.2) is 39.2 Å². The van der Waals surface area contributed by atoms with E-state index in [1.165, 1.54) is 0 Å². The van der Waals surface area contributed by atoms with Crippen molar-refractivity contribution in [1.82, 2.24) is 5.32 Å². The smallest absolute Gasteiger partial charge is 0.135 e. The van der Waals surface area contributed by atoms with Gasteiger partial charge in [0.05, 0.1) is 6.04 Å². The Bertz CT molecular complexity index is 553. The summed E-state index contributed by atoms with van der Waals surface area (Å²) in [7, 11) is 0. The minimum absolute atomic E-state index is 0.222. The third-order valence-electron chi connectivity index (χ3n) is 2.95. The summed E-state index contributed by atoms with van der Waals surface area (Å²) >= 11 is 9.46. The lowest BCUT2D eigenvalue weighted by atomic mass is 10.2. The van der Waals surface area contributed by atoms with Gasteiger partial charge in [0, 0.05) is 15.1 Å². The molecule has 19 heavy (non-hydrogen) atoms. The van der Waals surface area contributed by atoms with Gasteiger partial charge >= 0.3 is 0 Å². The highest BCUT2D eigenvalue weighted by molar-refractivity contribution is 9.10. The Morgan fingerprint density at radius 3 is 2.79 bits per heavy atom. The second-order valence-electron chi connectivity index (χ2n) is 4.50. The first kappa shape index (κ1) is 14.6. The molecule has 4 heteroatoms. The normalized spacial score (nSPS) is 12.6. The molecule has 1 aromatic heterocycles. The molecule has 0 radical (unpaired) electrons. The highest BCUT2D eigenvalue weighted by Crippen LogP contribution is 2.32. The highest BCUT2D eigenvalue weighted by Gasteiger charge is 2.12. The monoisotopic (exact) mass is 341 g/mol. The second kappa shape index (κ2) is 6.60. The van der Waals surface area contributed by atoms with Gasteiger partial charge in [0.1, 0.15) is 11.5 Å². The molecule has 0 bridgehead atoms. The van der Waals surface area contributed by atoms with Crippen LogP contribution in [0.25, 0.3) is 11.3 Å². The van der Waals surface area contributed by atoms with E-state index in [9.17, 15) is 0 Å². The van der Waals surface area contributed by atoms with Gasteiger partial charge in [-0.25, -0.2) is 0 Å². The van der Waals surface area contributed by atoms with Crippen molar-refractivity contribution in [3.05, 3.63) is 45.6 Å². The summed E-state index contributed by atoms with van der Waals surface area (Å²) in [6.45, 7) is 5.25. The maximum Gasteiger partial charge on any atom is 0.135 e. The van der Waals surface area contributed by atoms with Crippen LogP contribution < -0.4 is 5.32 Å². The summed E-state index contributed by atoms with van der Waals surface area (Å²) in [5.74, 6) is 1.80. The predicted molar refractivity (Wildman–Crippen MR) is 83.6 cm³/mol. The van der Waals surface area contributed by atoms with Crippen molar-refractivity contribution < 1.29 is 4.42 Å². The Kier molecular flexibility index (Phi) is 5.08. The van der Waals surface area contributed by atoms with E-state index in [-0.39, 0.29) is 6.04 Å². The SMILES string of the molecule is CCCNC(C)c1ccc(-c2ccc(Cl)cc2Br)o1. The fourth-order valence-electron chi connectivity index (χ4n) is 1.88. The van der Waals surface area contributed by atoms with Crippen LogP contribution in [0.3, 0.4) is 0 Å². The van der Waals surface area contributed by atoms with Crippen LogP contribution in [0, 0.1) is 0 Å². The first-order valence-corrected chi connectivity index (χ1v) is 7.57. The largest absolute Gasteiger partial charge is 0.459 e. The van der Waals surface area contributed by atoms with Crippen LogP contribution in [0.2, 0.25) is 5.02 Å². The first-order valence-electron chi connectivity index (χ1n) is 6.40. The average Bonchev–Trinajstić information content (AvgIpc) is 2.85. The molecule has 0 saturated carbocycles. The van der Waals surface area contributed by atoms with Crippen LogP contribution in [0.5, 0.6) is 0 Å². The second-order valence-corrected chi connectivity index (χ2v) is 5.79. The lowest BCUT2D eigenvalue weighted by Gasteiger charge is -2.10. The van der Waals surface area contributed by atoms with E-state index in [1.807, 2.05) is 30.3 Å². The van der Waals surface area contributed by atoms with Crippen molar-refractivity contribution >= 4 is 27.5 Å². The van der Waals surface area contributed by atoms with Gasteiger partial charge in [0.2, 0.25) is 0 Å². The van der Waals surface area contributed by atoms with Crippen molar-refractivity contribution in [2.75, 3.05) is 6.54 Å². The molecule has 2 nitrogen and oxygen atoms in total. The summed E-state index contributed by atoms with van der Waals surface area (Å²) in [6.07, 6.45) is 1.11. The molecule has 0 saturated heterocycles. The molecular formula is C15H17BrClNO. The molecule has 1 heterocycles. The quantitative estimate of drug-likeness (QED) is 0.784. The topological polar surface area (TPSA) is 25.2 Å². The summed E-state index contributed by atoms with van der Waals surface area (Å²) in [5.41, 5.74) is 1.01. The lowest BCUT2D eigenvalue weighted by molar-refractivity contribution is 0.438. The van der Waals surface area contributed by atoms with Gasteiger partial charge in [-0.2, -0.15) is 0 Å². The van der Waals surface area contributed by atoms with Gasteiger partial charge in [-0.3, -0.25) is 0 Å². The molecule has 2 aromatic rings. The van der Waals surface area contributed by atoms with E-state index in [2.05, 4.69) is 35.1 Å².